The largest absolute Gasteiger partial charge is 0.379 e. The van der Waals surface area contributed by atoms with Gasteiger partial charge in [0.2, 0.25) is 0 Å². The van der Waals surface area contributed by atoms with Gasteiger partial charge in [-0.2, -0.15) is 0 Å². The average Bonchev–Trinajstić information content (AvgIpc) is 2.80. The molecule has 0 bridgehead atoms. The smallest absolute Gasteiger partial charge is 0.252 e. The Hall–Kier alpha value is -2.07. The highest BCUT2D eigenvalue weighted by atomic mass is 32.1. The van der Waals surface area contributed by atoms with Crippen LogP contribution >= 0.6 is 11.3 Å². The minimum atomic E-state index is 0.00902. The molecule has 0 atom stereocenters. The van der Waals surface area contributed by atoms with Gasteiger partial charge in [0.1, 0.15) is 0 Å². The molecule has 0 saturated carbocycles. The van der Waals surface area contributed by atoms with Crippen molar-refractivity contribution in [1.29, 1.82) is 0 Å². The molecule has 0 saturated heterocycles. The van der Waals surface area contributed by atoms with Gasteiger partial charge in [0, 0.05) is 40.5 Å². The zero-order chi connectivity index (χ0) is 15.0. The van der Waals surface area contributed by atoms with Crippen molar-refractivity contribution in [2.45, 2.75) is 20.4 Å². The number of benzene rings is 1. The molecule has 0 aliphatic rings. The van der Waals surface area contributed by atoms with Gasteiger partial charge in [-0.05, 0) is 31.5 Å². The molecule has 4 heteroatoms. The number of rotatable bonds is 3. The fourth-order valence-corrected chi connectivity index (χ4v) is 3.47. The Morgan fingerprint density at radius 1 is 1.19 bits per heavy atom. The standard InChI is InChI=1S/C17H18N2OS/c1-11-8-13(21-12(11)2)10-18-15-9-17(20)19(3)16-7-5-4-6-14(15)16/h4-9,18H,10H2,1-3H3. The van der Waals surface area contributed by atoms with Gasteiger partial charge in [0.15, 0.2) is 0 Å². The van der Waals surface area contributed by atoms with Crippen LogP contribution < -0.4 is 10.9 Å². The quantitative estimate of drug-likeness (QED) is 0.797. The van der Waals surface area contributed by atoms with E-state index in [9.17, 15) is 4.79 Å². The first-order valence-electron chi connectivity index (χ1n) is 6.95. The molecule has 21 heavy (non-hydrogen) atoms. The Morgan fingerprint density at radius 2 is 1.95 bits per heavy atom. The Kier molecular flexibility index (Phi) is 3.55. The zero-order valence-corrected chi connectivity index (χ0v) is 13.3. The molecule has 0 aliphatic heterocycles. The lowest BCUT2D eigenvalue weighted by Gasteiger charge is -2.11. The minimum Gasteiger partial charge on any atom is -0.379 e. The second kappa shape index (κ2) is 5.37. The Labute approximate surface area is 127 Å². The van der Waals surface area contributed by atoms with E-state index < -0.39 is 0 Å². The predicted octanol–water partition coefficient (Wildman–Crippen LogP) is 3.83. The predicted molar refractivity (Wildman–Crippen MR) is 90.3 cm³/mol. The highest BCUT2D eigenvalue weighted by Crippen LogP contribution is 2.24. The minimum absolute atomic E-state index is 0.00902. The molecule has 2 aromatic heterocycles. The van der Waals surface area contributed by atoms with Crippen molar-refractivity contribution in [3.63, 3.8) is 0 Å². The van der Waals surface area contributed by atoms with E-state index in [4.69, 9.17) is 0 Å². The topological polar surface area (TPSA) is 34.0 Å². The average molecular weight is 298 g/mol. The monoisotopic (exact) mass is 298 g/mol. The SMILES string of the molecule is Cc1cc(CNc2cc(=O)n(C)c3ccccc23)sc1C. The van der Waals surface area contributed by atoms with Crippen LogP contribution in [0.2, 0.25) is 0 Å². The van der Waals surface area contributed by atoms with Crippen LogP contribution in [0.4, 0.5) is 5.69 Å². The highest BCUT2D eigenvalue weighted by Gasteiger charge is 2.07. The van der Waals surface area contributed by atoms with E-state index in [1.807, 2.05) is 24.3 Å². The van der Waals surface area contributed by atoms with Gasteiger partial charge in [-0.15, -0.1) is 11.3 Å². The third-order valence-corrected chi connectivity index (χ3v) is 4.98. The summed E-state index contributed by atoms with van der Waals surface area (Å²) < 4.78 is 1.68. The summed E-state index contributed by atoms with van der Waals surface area (Å²) in [4.78, 5) is 14.7. The molecule has 0 unspecified atom stereocenters. The fraction of sp³-hybridized carbons (Fsp3) is 0.235. The molecule has 1 N–H and O–H groups in total. The maximum absolute atomic E-state index is 12.0. The first-order chi connectivity index (χ1) is 10.1. The van der Waals surface area contributed by atoms with Crippen molar-refractivity contribution in [3.05, 3.63) is 62.1 Å². The van der Waals surface area contributed by atoms with Crippen LogP contribution in [0.1, 0.15) is 15.3 Å². The van der Waals surface area contributed by atoms with Crippen LogP contribution in [0.5, 0.6) is 0 Å². The fourth-order valence-electron chi connectivity index (χ4n) is 2.48. The number of aryl methyl sites for hydroxylation is 3. The van der Waals surface area contributed by atoms with E-state index in [0.29, 0.717) is 0 Å². The zero-order valence-electron chi connectivity index (χ0n) is 12.4. The van der Waals surface area contributed by atoms with E-state index in [1.54, 1.807) is 29.0 Å². The third-order valence-electron chi connectivity index (χ3n) is 3.82. The molecular formula is C17H18N2OS. The molecule has 3 nitrogen and oxygen atoms in total. The van der Waals surface area contributed by atoms with E-state index in [2.05, 4.69) is 25.2 Å². The molecule has 0 fully saturated rings. The lowest BCUT2D eigenvalue weighted by Crippen LogP contribution is -2.17. The van der Waals surface area contributed by atoms with Crippen LogP contribution in [0.15, 0.2) is 41.2 Å². The van der Waals surface area contributed by atoms with Gasteiger partial charge in [-0.1, -0.05) is 18.2 Å². The summed E-state index contributed by atoms with van der Waals surface area (Å²) in [5.74, 6) is 0. The number of para-hydroxylation sites is 1. The number of pyridine rings is 1. The molecule has 108 valence electrons. The first kappa shape index (κ1) is 13.9. The van der Waals surface area contributed by atoms with Gasteiger partial charge >= 0.3 is 0 Å². The van der Waals surface area contributed by atoms with E-state index in [1.165, 1.54) is 15.3 Å². The van der Waals surface area contributed by atoms with Crippen LogP contribution in [-0.4, -0.2) is 4.57 Å². The molecule has 2 heterocycles. The number of thiophene rings is 1. The van der Waals surface area contributed by atoms with Crippen molar-refractivity contribution in [2.24, 2.45) is 7.05 Å². The molecule has 3 aromatic rings. The first-order valence-corrected chi connectivity index (χ1v) is 7.76. The molecule has 0 radical (unpaired) electrons. The molecule has 0 aliphatic carbocycles. The third kappa shape index (κ3) is 2.59. The number of hydrogen-bond acceptors (Lipinski definition) is 3. The van der Waals surface area contributed by atoms with Crippen molar-refractivity contribution < 1.29 is 0 Å². The van der Waals surface area contributed by atoms with Crippen molar-refractivity contribution >= 4 is 27.9 Å². The number of fused-ring (bicyclic) bond motifs is 1. The number of nitrogens with zero attached hydrogens (tertiary/aromatic N) is 1. The molecule has 0 spiro atoms. The van der Waals surface area contributed by atoms with Crippen molar-refractivity contribution in [3.8, 4) is 0 Å². The van der Waals surface area contributed by atoms with Crippen LogP contribution in [-0.2, 0) is 13.6 Å². The Balaban J connectivity index is 1.97. The summed E-state index contributed by atoms with van der Waals surface area (Å²) in [5.41, 5.74) is 3.18. The van der Waals surface area contributed by atoms with E-state index in [-0.39, 0.29) is 5.56 Å². The van der Waals surface area contributed by atoms with E-state index in [0.717, 1.165) is 23.1 Å². The summed E-state index contributed by atoms with van der Waals surface area (Å²) in [7, 11) is 1.81. The Bertz CT molecular complexity index is 841. The van der Waals surface area contributed by atoms with Gasteiger partial charge in [-0.25, -0.2) is 0 Å². The number of aromatic nitrogens is 1. The molecular weight excluding hydrogens is 280 g/mol. The second-order valence-corrected chi connectivity index (χ2v) is 6.62. The summed E-state index contributed by atoms with van der Waals surface area (Å²) >= 11 is 1.80. The number of anilines is 1. The second-order valence-electron chi connectivity index (χ2n) is 5.28. The van der Waals surface area contributed by atoms with Gasteiger partial charge in [0.05, 0.1) is 5.52 Å². The summed E-state index contributed by atoms with van der Waals surface area (Å²) in [6, 6.07) is 11.9. The summed E-state index contributed by atoms with van der Waals surface area (Å²) in [6.07, 6.45) is 0. The molecule has 1 aromatic carbocycles. The number of hydrogen-bond donors (Lipinski definition) is 1. The molecule has 0 amide bonds. The van der Waals surface area contributed by atoms with Gasteiger partial charge < -0.3 is 9.88 Å². The van der Waals surface area contributed by atoms with E-state index >= 15 is 0 Å². The maximum atomic E-state index is 12.0. The van der Waals surface area contributed by atoms with Crippen molar-refractivity contribution in [1.82, 2.24) is 4.57 Å². The van der Waals surface area contributed by atoms with Crippen LogP contribution in [0, 0.1) is 13.8 Å². The molecule has 3 rings (SSSR count). The van der Waals surface area contributed by atoms with Gasteiger partial charge in [0.25, 0.3) is 5.56 Å². The van der Waals surface area contributed by atoms with Crippen molar-refractivity contribution in [2.75, 3.05) is 5.32 Å². The van der Waals surface area contributed by atoms with Crippen LogP contribution in [0.25, 0.3) is 10.9 Å². The summed E-state index contributed by atoms with van der Waals surface area (Å²) in [5, 5.41) is 4.48. The lowest BCUT2D eigenvalue weighted by molar-refractivity contribution is 0.906. The Morgan fingerprint density at radius 3 is 2.67 bits per heavy atom. The van der Waals surface area contributed by atoms with Gasteiger partial charge in [-0.3, -0.25) is 4.79 Å². The lowest BCUT2D eigenvalue weighted by atomic mass is 10.2. The number of nitrogens with one attached hydrogen (secondary N) is 1. The normalized spacial score (nSPS) is 11.0. The maximum Gasteiger partial charge on any atom is 0.252 e. The van der Waals surface area contributed by atoms with Crippen LogP contribution in [0.3, 0.4) is 0 Å². The summed E-state index contributed by atoms with van der Waals surface area (Å²) in [6.45, 7) is 5.01. The highest BCUT2D eigenvalue weighted by molar-refractivity contribution is 7.12.